The molecule has 1 aliphatic rings. The van der Waals surface area contributed by atoms with E-state index >= 15 is 0 Å². The molecular formula is C15H24N2OS. The van der Waals surface area contributed by atoms with E-state index in [1.54, 1.807) is 11.3 Å². The van der Waals surface area contributed by atoms with Crippen LogP contribution in [0.3, 0.4) is 0 Å². The number of hydrogen-bond acceptors (Lipinski definition) is 4. The van der Waals surface area contributed by atoms with Crippen LogP contribution in [-0.4, -0.2) is 24.4 Å². The first-order valence-corrected chi connectivity index (χ1v) is 8.13. The number of thiazole rings is 1. The maximum atomic E-state index is 11.1. The van der Waals surface area contributed by atoms with Crippen molar-refractivity contribution in [2.24, 2.45) is 5.41 Å². The molecule has 0 amide bonds. The van der Waals surface area contributed by atoms with Crippen LogP contribution in [0.4, 0.5) is 5.13 Å². The fourth-order valence-electron chi connectivity index (χ4n) is 2.59. The molecule has 0 atom stereocenters. The molecule has 4 heteroatoms. The molecule has 0 aliphatic carbocycles. The molecule has 19 heavy (non-hydrogen) atoms. The lowest BCUT2D eigenvalue weighted by Crippen LogP contribution is -2.38. The minimum atomic E-state index is 0.494. The highest BCUT2D eigenvalue weighted by atomic mass is 32.1. The number of hydrogen-bond donors (Lipinski definition) is 0. The Morgan fingerprint density at radius 3 is 2.58 bits per heavy atom. The first kappa shape index (κ1) is 14.5. The van der Waals surface area contributed by atoms with Crippen LogP contribution >= 0.6 is 11.3 Å². The summed E-state index contributed by atoms with van der Waals surface area (Å²) < 4.78 is 0. The lowest BCUT2D eigenvalue weighted by molar-refractivity contribution is 0.112. The summed E-state index contributed by atoms with van der Waals surface area (Å²) in [5.41, 5.74) is 1.48. The van der Waals surface area contributed by atoms with Crippen LogP contribution in [0.2, 0.25) is 0 Å². The predicted molar refractivity (Wildman–Crippen MR) is 81.3 cm³/mol. The lowest BCUT2D eigenvalue weighted by atomic mass is 9.78. The van der Waals surface area contributed by atoms with E-state index in [0.29, 0.717) is 5.41 Å². The Bertz CT molecular complexity index is 433. The Hall–Kier alpha value is -0.900. The highest BCUT2D eigenvalue weighted by molar-refractivity contribution is 7.17. The Labute approximate surface area is 120 Å². The normalized spacial score (nSPS) is 18.6. The van der Waals surface area contributed by atoms with Crippen LogP contribution in [0, 0.1) is 5.41 Å². The SMILES string of the molecule is CCCc1nc(N2CCC(C)(CC)CC2)sc1C=O. The molecule has 1 aromatic rings. The quantitative estimate of drug-likeness (QED) is 0.766. The molecule has 0 N–H and O–H groups in total. The highest BCUT2D eigenvalue weighted by Gasteiger charge is 2.29. The van der Waals surface area contributed by atoms with E-state index in [4.69, 9.17) is 0 Å². The van der Waals surface area contributed by atoms with Gasteiger partial charge in [0, 0.05) is 13.1 Å². The van der Waals surface area contributed by atoms with Gasteiger partial charge in [-0.05, 0) is 24.7 Å². The summed E-state index contributed by atoms with van der Waals surface area (Å²) in [4.78, 5) is 19.0. The Morgan fingerprint density at radius 2 is 2.05 bits per heavy atom. The average molecular weight is 280 g/mol. The zero-order valence-electron chi connectivity index (χ0n) is 12.2. The van der Waals surface area contributed by atoms with Gasteiger partial charge in [-0.1, -0.05) is 44.9 Å². The number of aldehydes is 1. The minimum absolute atomic E-state index is 0.494. The van der Waals surface area contributed by atoms with E-state index in [9.17, 15) is 4.79 Å². The molecule has 2 rings (SSSR count). The minimum Gasteiger partial charge on any atom is -0.348 e. The van der Waals surface area contributed by atoms with E-state index < -0.39 is 0 Å². The summed E-state index contributed by atoms with van der Waals surface area (Å²) in [5, 5.41) is 1.05. The molecule has 0 radical (unpaired) electrons. The number of aromatic nitrogens is 1. The second-order valence-corrected chi connectivity index (χ2v) is 6.84. The third-order valence-corrected chi connectivity index (χ3v) is 5.49. The van der Waals surface area contributed by atoms with Gasteiger partial charge in [-0.15, -0.1) is 0 Å². The van der Waals surface area contributed by atoms with Crippen molar-refractivity contribution in [3.63, 3.8) is 0 Å². The number of rotatable bonds is 5. The Balaban J connectivity index is 2.09. The number of anilines is 1. The molecule has 0 unspecified atom stereocenters. The van der Waals surface area contributed by atoms with Gasteiger partial charge >= 0.3 is 0 Å². The molecule has 1 aromatic heterocycles. The van der Waals surface area contributed by atoms with Crippen molar-refractivity contribution in [2.45, 2.75) is 52.9 Å². The van der Waals surface area contributed by atoms with E-state index in [-0.39, 0.29) is 0 Å². The van der Waals surface area contributed by atoms with Gasteiger partial charge in [0.2, 0.25) is 0 Å². The van der Waals surface area contributed by atoms with Crippen LogP contribution in [0.25, 0.3) is 0 Å². The number of piperidine rings is 1. The molecule has 1 aliphatic heterocycles. The van der Waals surface area contributed by atoms with E-state index in [0.717, 1.165) is 47.9 Å². The summed E-state index contributed by atoms with van der Waals surface area (Å²) in [5.74, 6) is 0. The zero-order valence-corrected chi connectivity index (χ0v) is 13.1. The van der Waals surface area contributed by atoms with Crippen molar-refractivity contribution in [2.75, 3.05) is 18.0 Å². The lowest BCUT2D eigenvalue weighted by Gasteiger charge is -2.38. The van der Waals surface area contributed by atoms with Crippen LogP contribution in [0.15, 0.2) is 0 Å². The number of carbonyl (C=O) groups excluding carboxylic acids is 1. The van der Waals surface area contributed by atoms with Crippen molar-refractivity contribution in [1.82, 2.24) is 4.98 Å². The molecule has 0 saturated carbocycles. The molecule has 1 fully saturated rings. The first-order valence-electron chi connectivity index (χ1n) is 7.31. The zero-order chi connectivity index (χ0) is 13.9. The van der Waals surface area contributed by atoms with Crippen molar-refractivity contribution in [3.8, 4) is 0 Å². The average Bonchev–Trinajstić information content (AvgIpc) is 2.83. The standard InChI is InChI=1S/C15H24N2OS/c1-4-6-12-13(11-18)19-14(16-12)17-9-7-15(3,5-2)8-10-17/h11H,4-10H2,1-3H3. The molecule has 1 saturated heterocycles. The van der Waals surface area contributed by atoms with Gasteiger partial charge < -0.3 is 4.90 Å². The highest BCUT2D eigenvalue weighted by Crippen LogP contribution is 2.37. The summed E-state index contributed by atoms with van der Waals surface area (Å²) in [6, 6.07) is 0. The van der Waals surface area contributed by atoms with E-state index in [1.807, 2.05) is 0 Å². The van der Waals surface area contributed by atoms with Crippen LogP contribution in [0.1, 0.15) is 61.8 Å². The summed E-state index contributed by atoms with van der Waals surface area (Å²) >= 11 is 1.56. The molecule has 0 bridgehead atoms. The summed E-state index contributed by atoms with van der Waals surface area (Å²) in [6.45, 7) is 8.93. The van der Waals surface area contributed by atoms with Gasteiger partial charge in [0.1, 0.15) is 0 Å². The number of aryl methyl sites for hydroxylation is 1. The second kappa shape index (κ2) is 6.04. The fraction of sp³-hybridized carbons (Fsp3) is 0.733. The maximum absolute atomic E-state index is 11.1. The van der Waals surface area contributed by atoms with Crippen LogP contribution < -0.4 is 4.90 Å². The van der Waals surface area contributed by atoms with Gasteiger partial charge in [0.25, 0.3) is 0 Å². The Kier molecular flexibility index (Phi) is 4.61. The monoisotopic (exact) mass is 280 g/mol. The van der Waals surface area contributed by atoms with Gasteiger partial charge in [-0.2, -0.15) is 0 Å². The van der Waals surface area contributed by atoms with E-state index in [1.165, 1.54) is 19.3 Å². The maximum Gasteiger partial charge on any atom is 0.186 e. The summed E-state index contributed by atoms with van der Waals surface area (Å²) in [6.07, 6.45) is 6.61. The van der Waals surface area contributed by atoms with Gasteiger partial charge in [0.05, 0.1) is 10.6 Å². The van der Waals surface area contributed by atoms with E-state index in [2.05, 4.69) is 30.7 Å². The molecular weight excluding hydrogens is 256 g/mol. The van der Waals surface area contributed by atoms with Gasteiger partial charge in [0.15, 0.2) is 11.4 Å². The van der Waals surface area contributed by atoms with Crippen molar-refractivity contribution in [1.29, 1.82) is 0 Å². The third kappa shape index (κ3) is 3.16. The van der Waals surface area contributed by atoms with Crippen LogP contribution in [0.5, 0.6) is 0 Å². The summed E-state index contributed by atoms with van der Waals surface area (Å²) in [7, 11) is 0. The molecule has 0 aromatic carbocycles. The molecule has 106 valence electrons. The van der Waals surface area contributed by atoms with Crippen LogP contribution in [-0.2, 0) is 6.42 Å². The molecule has 3 nitrogen and oxygen atoms in total. The van der Waals surface area contributed by atoms with Crippen molar-refractivity contribution >= 4 is 22.8 Å². The van der Waals surface area contributed by atoms with Gasteiger partial charge in [-0.25, -0.2) is 4.98 Å². The van der Waals surface area contributed by atoms with Crippen molar-refractivity contribution in [3.05, 3.63) is 10.6 Å². The smallest absolute Gasteiger partial charge is 0.186 e. The molecule has 2 heterocycles. The number of carbonyl (C=O) groups is 1. The third-order valence-electron chi connectivity index (χ3n) is 4.40. The molecule has 0 spiro atoms. The predicted octanol–water partition coefficient (Wildman–Crippen LogP) is 3.92. The van der Waals surface area contributed by atoms with Gasteiger partial charge in [-0.3, -0.25) is 4.79 Å². The topological polar surface area (TPSA) is 33.2 Å². The first-order chi connectivity index (χ1) is 9.11. The fourth-order valence-corrected chi connectivity index (χ4v) is 3.56. The second-order valence-electron chi connectivity index (χ2n) is 5.83. The van der Waals surface area contributed by atoms with Crippen molar-refractivity contribution < 1.29 is 4.79 Å². The number of nitrogens with zero attached hydrogens (tertiary/aromatic N) is 2. The Morgan fingerprint density at radius 1 is 1.37 bits per heavy atom. The largest absolute Gasteiger partial charge is 0.348 e.